The minimum Gasteiger partial charge on any atom is -0.390 e. The average molecular weight is 407 g/mol. The van der Waals surface area contributed by atoms with E-state index in [4.69, 9.17) is 0 Å². The SMILES string of the molecule is C[C@H](CCCC(C)(C)O)[C@H]1CC[C@H]2[C@H](S(=O)(=O)c3ccccc3)CCC[C@]12C. The second-order valence-corrected chi connectivity index (χ2v) is 12.4. The van der Waals surface area contributed by atoms with Gasteiger partial charge in [-0.3, -0.25) is 0 Å². The number of aliphatic hydroxyl groups is 1. The molecule has 0 unspecified atom stereocenters. The summed E-state index contributed by atoms with van der Waals surface area (Å²) in [7, 11) is -3.27. The molecule has 2 aliphatic rings. The van der Waals surface area contributed by atoms with E-state index < -0.39 is 15.4 Å². The Morgan fingerprint density at radius 1 is 1.18 bits per heavy atom. The first-order valence-corrected chi connectivity index (χ1v) is 12.6. The number of sulfone groups is 1. The molecule has 158 valence electrons. The van der Waals surface area contributed by atoms with E-state index in [0.717, 1.165) is 51.4 Å². The van der Waals surface area contributed by atoms with Gasteiger partial charge in [0.25, 0.3) is 0 Å². The standard InChI is InChI=1S/C24H38O3S/c1-18(10-8-16-23(2,3)25)20-14-15-21-22(13-9-17-24(20,21)4)28(26,27)19-11-6-5-7-12-19/h5-7,11-12,18,20-22,25H,8-10,13-17H2,1-4H3/t18-,20-,21+,22-,24-/m1/s1. The minimum absolute atomic E-state index is 0.124. The fourth-order valence-electron chi connectivity index (χ4n) is 6.31. The van der Waals surface area contributed by atoms with Crippen LogP contribution >= 0.6 is 0 Å². The van der Waals surface area contributed by atoms with Gasteiger partial charge in [-0.25, -0.2) is 8.42 Å². The van der Waals surface area contributed by atoms with Gasteiger partial charge in [0.05, 0.1) is 15.7 Å². The lowest BCUT2D eigenvalue weighted by molar-refractivity contribution is 0.0531. The average Bonchev–Trinajstić information content (AvgIpc) is 2.98. The molecule has 0 spiro atoms. The highest BCUT2D eigenvalue weighted by atomic mass is 32.2. The summed E-state index contributed by atoms with van der Waals surface area (Å²) in [6, 6.07) is 9.05. The lowest BCUT2D eigenvalue weighted by Crippen LogP contribution is -2.44. The lowest BCUT2D eigenvalue weighted by atomic mass is 9.62. The summed E-state index contributed by atoms with van der Waals surface area (Å²) >= 11 is 0. The van der Waals surface area contributed by atoms with E-state index >= 15 is 0 Å². The van der Waals surface area contributed by atoms with Crippen molar-refractivity contribution in [3.8, 4) is 0 Å². The zero-order chi connectivity index (χ0) is 20.6. The maximum Gasteiger partial charge on any atom is 0.181 e. The molecule has 1 aromatic rings. The van der Waals surface area contributed by atoms with Crippen LogP contribution < -0.4 is 0 Å². The molecule has 0 aromatic heterocycles. The van der Waals surface area contributed by atoms with Crippen molar-refractivity contribution in [1.29, 1.82) is 0 Å². The fraction of sp³-hybridized carbons (Fsp3) is 0.750. The predicted octanol–water partition coefficient (Wildman–Crippen LogP) is 5.62. The van der Waals surface area contributed by atoms with Gasteiger partial charge in [-0.1, -0.05) is 51.3 Å². The molecule has 4 heteroatoms. The van der Waals surface area contributed by atoms with Gasteiger partial charge in [0.1, 0.15) is 0 Å². The Labute approximate surface area is 171 Å². The Kier molecular flexibility index (Phi) is 6.32. The second kappa shape index (κ2) is 8.10. The van der Waals surface area contributed by atoms with E-state index in [1.165, 1.54) is 0 Å². The highest BCUT2D eigenvalue weighted by Crippen LogP contribution is 2.59. The molecule has 5 atom stereocenters. The number of fused-ring (bicyclic) bond motifs is 1. The minimum atomic E-state index is -3.27. The first-order valence-electron chi connectivity index (χ1n) is 11.1. The maximum absolute atomic E-state index is 13.4. The van der Waals surface area contributed by atoms with Crippen LogP contribution in [0.15, 0.2) is 35.2 Å². The van der Waals surface area contributed by atoms with E-state index in [9.17, 15) is 13.5 Å². The summed E-state index contributed by atoms with van der Waals surface area (Å²) in [5.74, 6) is 1.44. The molecule has 28 heavy (non-hydrogen) atoms. The highest BCUT2D eigenvalue weighted by molar-refractivity contribution is 7.92. The fourth-order valence-corrected chi connectivity index (χ4v) is 8.55. The molecule has 3 nitrogen and oxygen atoms in total. The van der Waals surface area contributed by atoms with Crippen molar-refractivity contribution in [2.24, 2.45) is 23.2 Å². The van der Waals surface area contributed by atoms with Gasteiger partial charge in [-0.2, -0.15) is 0 Å². The summed E-state index contributed by atoms with van der Waals surface area (Å²) in [4.78, 5) is 0.492. The van der Waals surface area contributed by atoms with E-state index in [1.54, 1.807) is 12.1 Å². The zero-order valence-electron chi connectivity index (χ0n) is 18.0. The molecular formula is C24H38O3S. The molecule has 1 N–H and O–H groups in total. The molecular weight excluding hydrogens is 368 g/mol. The first kappa shape index (κ1) is 21.8. The lowest BCUT2D eigenvalue weighted by Gasteiger charge is -2.46. The van der Waals surface area contributed by atoms with Crippen molar-refractivity contribution in [2.75, 3.05) is 0 Å². The van der Waals surface area contributed by atoms with Gasteiger partial charge in [0, 0.05) is 0 Å². The number of rotatable bonds is 7. The van der Waals surface area contributed by atoms with Crippen LogP contribution in [0, 0.1) is 23.2 Å². The molecule has 0 heterocycles. The van der Waals surface area contributed by atoms with E-state index in [0.29, 0.717) is 16.7 Å². The van der Waals surface area contributed by atoms with Crippen LogP contribution in [-0.4, -0.2) is 24.4 Å². The normalized spacial score (nSPS) is 32.1. The second-order valence-electron chi connectivity index (χ2n) is 10.3. The van der Waals surface area contributed by atoms with Gasteiger partial charge in [0.2, 0.25) is 0 Å². The Balaban J connectivity index is 1.76. The van der Waals surface area contributed by atoms with Gasteiger partial charge in [-0.15, -0.1) is 0 Å². The van der Waals surface area contributed by atoms with Crippen LogP contribution in [0.4, 0.5) is 0 Å². The molecule has 0 radical (unpaired) electrons. The monoisotopic (exact) mass is 406 g/mol. The number of benzene rings is 1. The predicted molar refractivity (Wildman–Crippen MR) is 115 cm³/mol. The van der Waals surface area contributed by atoms with Crippen molar-refractivity contribution in [1.82, 2.24) is 0 Å². The summed E-state index contributed by atoms with van der Waals surface area (Å²) in [5, 5.41) is 9.77. The van der Waals surface area contributed by atoms with Crippen LogP contribution in [0.2, 0.25) is 0 Å². The van der Waals surface area contributed by atoms with Crippen molar-refractivity contribution in [2.45, 2.75) is 94.8 Å². The van der Waals surface area contributed by atoms with Crippen molar-refractivity contribution < 1.29 is 13.5 Å². The van der Waals surface area contributed by atoms with Crippen LogP contribution in [-0.2, 0) is 9.84 Å². The Bertz CT molecular complexity index is 750. The Hall–Kier alpha value is -0.870. The molecule has 3 rings (SSSR count). The van der Waals surface area contributed by atoms with Crippen LogP contribution in [0.1, 0.15) is 79.1 Å². The van der Waals surface area contributed by atoms with Gasteiger partial charge in [-0.05, 0) is 81.3 Å². The highest BCUT2D eigenvalue weighted by Gasteiger charge is 2.55. The quantitative estimate of drug-likeness (QED) is 0.639. The third kappa shape index (κ3) is 4.33. The summed E-state index contributed by atoms with van der Waals surface area (Å²) in [6.45, 7) is 8.47. The Morgan fingerprint density at radius 2 is 1.86 bits per heavy atom. The molecule has 2 aliphatic carbocycles. The Morgan fingerprint density at radius 3 is 2.50 bits per heavy atom. The molecule has 0 aliphatic heterocycles. The maximum atomic E-state index is 13.4. The topological polar surface area (TPSA) is 54.4 Å². The van der Waals surface area contributed by atoms with E-state index in [1.807, 2.05) is 32.0 Å². The van der Waals surface area contributed by atoms with Crippen molar-refractivity contribution in [3.05, 3.63) is 30.3 Å². The summed E-state index contributed by atoms with van der Waals surface area (Å²) < 4.78 is 26.8. The summed E-state index contributed by atoms with van der Waals surface area (Å²) in [6.07, 6.45) is 8.13. The van der Waals surface area contributed by atoms with Gasteiger partial charge >= 0.3 is 0 Å². The zero-order valence-corrected chi connectivity index (χ0v) is 18.8. The molecule has 0 amide bonds. The third-order valence-electron chi connectivity index (χ3n) is 7.74. The van der Waals surface area contributed by atoms with Crippen molar-refractivity contribution >= 4 is 9.84 Å². The van der Waals surface area contributed by atoms with E-state index in [2.05, 4.69) is 13.8 Å². The molecule has 0 saturated heterocycles. The van der Waals surface area contributed by atoms with Crippen LogP contribution in [0.5, 0.6) is 0 Å². The van der Waals surface area contributed by atoms with Gasteiger partial charge in [0.15, 0.2) is 9.84 Å². The number of hydrogen-bond donors (Lipinski definition) is 1. The molecule has 0 bridgehead atoms. The largest absolute Gasteiger partial charge is 0.390 e. The van der Waals surface area contributed by atoms with Gasteiger partial charge < -0.3 is 5.11 Å². The first-order chi connectivity index (χ1) is 13.1. The number of hydrogen-bond acceptors (Lipinski definition) is 3. The van der Waals surface area contributed by atoms with Crippen LogP contribution in [0.3, 0.4) is 0 Å². The molecule has 2 saturated carbocycles. The molecule has 1 aromatic carbocycles. The van der Waals surface area contributed by atoms with E-state index in [-0.39, 0.29) is 16.6 Å². The van der Waals surface area contributed by atoms with Crippen LogP contribution in [0.25, 0.3) is 0 Å². The van der Waals surface area contributed by atoms with Crippen molar-refractivity contribution in [3.63, 3.8) is 0 Å². The smallest absolute Gasteiger partial charge is 0.181 e. The third-order valence-corrected chi connectivity index (χ3v) is 10.0. The summed E-state index contributed by atoms with van der Waals surface area (Å²) in [5.41, 5.74) is -0.472. The molecule has 2 fully saturated rings.